The van der Waals surface area contributed by atoms with Crippen LogP contribution in [0.4, 0.5) is 0 Å². The van der Waals surface area contributed by atoms with E-state index in [4.69, 9.17) is 8.83 Å². The van der Waals surface area contributed by atoms with Crippen LogP contribution in [0.25, 0.3) is 11.0 Å². The van der Waals surface area contributed by atoms with E-state index in [1.54, 1.807) is 25.3 Å². The Morgan fingerprint density at radius 2 is 2.04 bits per heavy atom. The molecule has 6 nitrogen and oxygen atoms in total. The normalized spacial score (nSPS) is 14.4. The molecule has 0 saturated carbocycles. The van der Waals surface area contributed by atoms with Crippen LogP contribution < -0.4 is 10.6 Å². The number of aliphatic imine (C=N–C) groups is 1. The summed E-state index contributed by atoms with van der Waals surface area (Å²) in [4.78, 5) is 4.52. The van der Waals surface area contributed by atoms with Crippen LogP contribution >= 0.6 is 0 Å². The van der Waals surface area contributed by atoms with E-state index in [0.717, 1.165) is 23.3 Å². The van der Waals surface area contributed by atoms with Gasteiger partial charge in [0.25, 0.3) is 0 Å². The van der Waals surface area contributed by atoms with Gasteiger partial charge in [-0.1, -0.05) is 18.2 Å². The van der Waals surface area contributed by atoms with Gasteiger partial charge >= 0.3 is 0 Å². The monoisotopic (exact) mass is 341 g/mol. The van der Waals surface area contributed by atoms with Gasteiger partial charge in [-0.25, -0.2) is 4.99 Å². The van der Waals surface area contributed by atoms with Crippen molar-refractivity contribution in [3.05, 3.63) is 60.2 Å². The maximum Gasteiger partial charge on any atom is 0.191 e. The average molecular weight is 341 g/mol. The van der Waals surface area contributed by atoms with E-state index in [9.17, 15) is 5.11 Å². The van der Waals surface area contributed by atoms with Crippen LogP contribution in [0.15, 0.2) is 62.6 Å². The fourth-order valence-electron chi connectivity index (χ4n) is 2.54. The van der Waals surface area contributed by atoms with Gasteiger partial charge in [0.15, 0.2) is 5.96 Å². The Morgan fingerprint density at radius 1 is 1.20 bits per heavy atom. The highest BCUT2D eigenvalue weighted by molar-refractivity contribution is 5.80. The van der Waals surface area contributed by atoms with E-state index < -0.39 is 5.60 Å². The van der Waals surface area contributed by atoms with Gasteiger partial charge in [-0.3, -0.25) is 0 Å². The van der Waals surface area contributed by atoms with Gasteiger partial charge in [-0.2, -0.15) is 0 Å². The minimum atomic E-state index is -1.13. The largest absolute Gasteiger partial charge is 0.466 e. The molecule has 6 heteroatoms. The van der Waals surface area contributed by atoms with Crippen molar-refractivity contribution in [2.24, 2.45) is 4.99 Å². The SMILES string of the molecule is CCNC(=NCc1cc2ccccc2o1)NCC(C)(O)c1ccco1. The first kappa shape index (κ1) is 17.1. The summed E-state index contributed by atoms with van der Waals surface area (Å²) in [5.41, 5.74) is -0.273. The standard InChI is InChI=1S/C19H23N3O3/c1-3-20-18(22-13-19(2,23)17-9-6-10-24-17)21-12-15-11-14-7-4-5-8-16(14)25-15/h4-11,23H,3,12-13H2,1-2H3,(H2,20,21,22). The number of benzene rings is 1. The number of hydrogen-bond acceptors (Lipinski definition) is 4. The molecule has 1 unspecified atom stereocenters. The Bertz CT molecular complexity index is 802. The van der Waals surface area contributed by atoms with E-state index in [-0.39, 0.29) is 6.54 Å². The van der Waals surface area contributed by atoms with Gasteiger partial charge in [-0.05, 0) is 38.1 Å². The number of guanidine groups is 1. The molecule has 0 aliphatic heterocycles. The lowest BCUT2D eigenvalue weighted by atomic mass is 10.0. The highest BCUT2D eigenvalue weighted by atomic mass is 16.4. The number of nitrogens with zero attached hydrogens (tertiary/aromatic N) is 1. The van der Waals surface area contributed by atoms with Crippen LogP contribution in [0.3, 0.4) is 0 Å². The first-order valence-corrected chi connectivity index (χ1v) is 8.34. The van der Waals surface area contributed by atoms with Crippen molar-refractivity contribution in [1.29, 1.82) is 0 Å². The first-order valence-electron chi connectivity index (χ1n) is 8.34. The topological polar surface area (TPSA) is 82.9 Å². The van der Waals surface area contributed by atoms with Crippen molar-refractivity contribution in [2.75, 3.05) is 13.1 Å². The number of para-hydroxylation sites is 1. The van der Waals surface area contributed by atoms with Gasteiger partial charge in [0.2, 0.25) is 0 Å². The summed E-state index contributed by atoms with van der Waals surface area (Å²) in [6.45, 7) is 5.08. The quantitative estimate of drug-likeness (QED) is 0.474. The summed E-state index contributed by atoms with van der Waals surface area (Å²) in [6, 6.07) is 13.4. The molecule has 3 N–H and O–H groups in total. The molecule has 0 aliphatic rings. The summed E-state index contributed by atoms with van der Waals surface area (Å²) < 4.78 is 11.1. The zero-order chi connectivity index (χ0) is 17.7. The number of rotatable bonds is 6. The second kappa shape index (κ2) is 7.44. The molecule has 0 saturated heterocycles. The summed E-state index contributed by atoms with van der Waals surface area (Å²) in [7, 11) is 0. The molecular formula is C19H23N3O3. The number of aliphatic hydroxyl groups is 1. The molecule has 0 spiro atoms. The zero-order valence-electron chi connectivity index (χ0n) is 14.5. The van der Waals surface area contributed by atoms with Gasteiger partial charge in [-0.15, -0.1) is 0 Å². The highest BCUT2D eigenvalue weighted by Gasteiger charge is 2.26. The van der Waals surface area contributed by atoms with Crippen LogP contribution in [0.1, 0.15) is 25.4 Å². The highest BCUT2D eigenvalue weighted by Crippen LogP contribution is 2.20. The van der Waals surface area contributed by atoms with E-state index in [1.807, 2.05) is 37.3 Å². The second-order valence-electron chi connectivity index (χ2n) is 6.05. The first-order chi connectivity index (χ1) is 12.1. The lowest BCUT2D eigenvalue weighted by Crippen LogP contribution is -2.44. The molecule has 2 heterocycles. The van der Waals surface area contributed by atoms with Crippen LogP contribution in [-0.2, 0) is 12.1 Å². The number of nitrogens with one attached hydrogen (secondary N) is 2. The lowest BCUT2D eigenvalue weighted by molar-refractivity contribution is 0.0386. The number of hydrogen-bond donors (Lipinski definition) is 3. The maximum atomic E-state index is 10.5. The van der Waals surface area contributed by atoms with E-state index in [1.165, 1.54) is 0 Å². The van der Waals surface area contributed by atoms with E-state index in [2.05, 4.69) is 15.6 Å². The Hall–Kier alpha value is -2.73. The average Bonchev–Trinajstić information content (AvgIpc) is 3.26. The predicted molar refractivity (Wildman–Crippen MR) is 97.3 cm³/mol. The fraction of sp³-hybridized carbons (Fsp3) is 0.316. The smallest absolute Gasteiger partial charge is 0.191 e. The molecule has 3 aromatic rings. The van der Waals surface area contributed by atoms with E-state index >= 15 is 0 Å². The van der Waals surface area contributed by atoms with Crippen LogP contribution in [0, 0.1) is 0 Å². The van der Waals surface area contributed by atoms with Crippen LogP contribution in [-0.4, -0.2) is 24.2 Å². The van der Waals surface area contributed by atoms with E-state index in [0.29, 0.717) is 18.3 Å². The Labute approximate surface area is 146 Å². The second-order valence-corrected chi connectivity index (χ2v) is 6.05. The number of fused-ring (bicyclic) bond motifs is 1. The Balaban J connectivity index is 1.66. The van der Waals surface area contributed by atoms with Gasteiger partial charge in [0.1, 0.15) is 29.2 Å². The third-order valence-electron chi connectivity index (χ3n) is 3.87. The third-order valence-corrected chi connectivity index (χ3v) is 3.87. The molecule has 0 radical (unpaired) electrons. The third kappa shape index (κ3) is 4.22. The molecule has 25 heavy (non-hydrogen) atoms. The lowest BCUT2D eigenvalue weighted by Gasteiger charge is -2.22. The van der Waals surface area contributed by atoms with Crippen molar-refractivity contribution in [3.63, 3.8) is 0 Å². The Kier molecular flexibility index (Phi) is 5.09. The summed E-state index contributed by atoms with van der Waals surface area (Å²) in [5.74, 6) is 1.90. The molecule has 1 atom stereocenters. The number of furan rings is 2. The summed E-state index contributed by atoms with van der Waals surface area (Å²) in [5, 5.41) is 17.9. The van der Waals surface area contributed by atoms with Crippen molar-refractivity contribution in [1.82, 2.24) is 10.6 Å². The zero-order valence-corrected chi connectivity index (χ0v) is 14.5. The summed E-state index contributed by atoms with van der Waals surface area (Å²) >= 11 is 0. The minimum absolute atomic E-state index is 0.270. The van der Waals surface area contributed by atoms with Crippen molar-refractivity contribution < 1.29 is 13.9 Å². The molecule has 0 fully saturated rings. The van der Waals surface area contributed by atoms with Gasteiger partial charge in [0, 0.05) is 11.9 Å². The molecule has 2 aromatic heterocycles. The molecule has 1 aromatic carbocycles. The predicted octanol–water partition coefficient (Wildman–Crippen LogP) is 2.99. The van der Waals surface area contributed by atoms with Gasteiger partial charge < -0.3 is 24.6 Å². The molecule has 0 aliphatic carbocycles. The molecular weight excluding hydrogens is 318 g/mol. The fourth-order valence-corrected chi connectivity index (χ4v) is 2.54. The van der Waals surface area contributed by atoms with Crippen molar-refractivity contribution in [2.45, 2.75) is 26.0 Å². The minimum Gasteiger partial charge on any atom is -0.466 e. The van der Waals surface area contributed by atoms with Crippen molar-refractivity contribution >= 4 is 16.9 Å². The van der Waals surface area contributed by atoms with Gasteiger partial charge in [0.05, 0.1) is 12.8 Å². The van der Waals surface area contributed by atoms with Crippen LogP contribution in [0.5, 0.6) is 0 Å². The molecule has 3 rings (SSSR count). The maximum absolute atomic E-state index is 10.5. The summed E-state index contributed by atoms with van der Waals surface area (Å²) in [6.07, 6.45) is 1.55. The Morgan fingerprint density at radius 3 is 2.76 bits per heavy atom. The molecule has 0 bridgehead atoms. The molecule has 132 valence electrons. The van der Waals surface area contributed by atoms with Crippen LogP contribution in [0.2, 0.25) is 0 Å². The van der Waals surface area contributed by atoms with Crippen molar-refractivity contribution in [3.8, 4) is 0 Å². The molecule has 0 amide bonds.